The van der Waals surface area contributed by atoms with Gasteiger partial charge in [-0.25, -0.2) is 0 Å². The lowest BCUT2D eigenvalue weighted by Crippen LogP contribution is -2.38. The Kier molecular flexibility index (Phi) is 3.41. The van der Waals surface area contributed by atoms with Crippen LogP contribution in [0.4, 0.5) is 17.1 Å². The summed E-state index contributed by atoms with van der Waals surface area (Å²) in [6, 6.07) is 4.99. The summed E-state index contributed by atoms with van der Waals surface area (Å²) in [5, 5.41) is 10.7. The molecule has 0 bridgehead atoms. The summed E-state index contributed by atoms with van der Waals surface area (Å²) in [6.45, 7) is 6.49. The van der Waals surface area contributed by atoms with Crippen LogP contribution < -0.4 is 10.6 Å². The SMILES string of the molecule is CC1CCN(c2ccc([N+](=O)[O-])c(N)c2)CC1C. The van der Waals surface area contributed by atoms with Crippen molar-refractivity contribution in [2.45, 2.75) is 20.3 Å². The van der Waals surface area contributed by atoms with Crippen LogP contribution in [0.25, 0.3) is 0 Å². The summed E-state index contributed by atoms with van der Waals surface area (Å²) in [6.07, 6.45) is 1.15. The summed E-state index contributed by atoms with van der Waals surface area (Å²) < 4.78 is 0. The Labute approximate surface area is 107 Å². The number of nitrogens with two attached hydrogens (primary N) is 1. The van der Waals surface area contributed by atoms with Crippen molar-refractivity contribution < 1.29 is 4.92 Å². The molecule has 1 aliphatic rings. The summed E-state index contributed by atoms with van der Waals surface area (Å²) in [5.41, 5.74) is 6.93. The minimum absolute atomic E-state index is 0.0165. The molecule has 1 heterocycles. The molecule has 2 rings (SSSR count). The third kappa shape index (κ3) is 2.39. The molecule has 0 amide bonds. The van der Waals surface area contributed by atoms with Crippen LogP contribution >= 0.6 is 0 Å². The Morgan fingerprint density at radius 3 is 2.67 bits per heavy atom. The van der Waals surface area contributed by atoms with Gasteiger partial charge in [-0.05, 0) is 30.4 Å². The topological polar surface area (TPSA) is 72.4 Å². The smallest absolute Gasteiger partial charge is 0.292 e. The summed E-state index contributed by atoms with van der Waals surface area (Å²) in [7, 11) is 0. The monoisotopic (exact) mass is 249 g/mol. The van der Waals surface area contributed by atoms with Crippen LogP contribution in [0.1, 0.15) is 20.3 Å². The maximum atomic E-state index is 10.7. The van der Waals surface area contributed by atoms with E-state index in [1.165, 1.54) is 6.07 Å². The number of nitro groups is 1. The van der Waals surface area contributed by atoms with Gasteiger partial charge in [-0.15, -0.1) is 0 Å². The second kappa shape index (κ2) is 4.84. The maximum Gasteiger partial charge on any atom is 0.292 e. The molecule has 0 radical (unpaired) electrons. The van der Waals surface area contributed by atoms with Crippen LogP contribution in [-0.4, -0.2) is 18.0 Å². The van der Waals surface area contributed by atoms with Crippen molar-refractivity contribution in [3.8, 4) is 0 Å². The molecule has 0 spiro atoms. The van der Waals surface area contributed by atoms with Crippen molar-refractivity contribution in [1.82, 2.24) is 0 Å². The van der Waals surface area contributed by atoms with Gasteiger partial charge in [0.05, 0.1) is 4.92 Å². The number of anilines is 2. The largest absolute Gasteiger partial charge is 0.393 e. The van der Waals surface area contributed by atoms with Crippen molar-refractivity contribution >= 4 is 17.1 Å². The van der Waals surface area contributed by atoms with Crippen molar-refractivity contribution in [2.24, 2.45) is 11.8 Å². The van der Waals surface area contributed by atoms with E-state index >= 15 is 0 Å². The highest BCUT2D eigenvalue weighted by Crippen LogP contribution is 2.31. The minimum Gasteiger partial charge on any atom is -0.393 e. The van der Waals surface area contributed by atoms with Crippen LogP contribution in [-0.2, 0) is 0 Å². The van der Waals surface area contributed by atoms with Gasteiger partial charge in [0.2, 0.25) is 0 Å². The van der Waals surface area contributed by atoms with Crippen LogP contribution in [0.2, 0.25) is 0 Å². The van der Waals surface area contributed by atoms with Crippen LogP contribution in [0.5, 0.6) is 0 Å². The molecule has 2 atom stereocenters. The Balaban J connectivity index is 2.19. The van der Waals surface area contributed by atoms with E-state index in [4.69, 9.17) is 5.73 Å². The summed E-state index contributed by atoms with van der Waals surface area (Å²) in [4.78, 5) is 12.5. The van der Waals surface area contributed by atoms with E-state index in [2.05, 4.69) is 18.7 Å². The van der Waals surface area contributed by atoms with Crippen molar-refractivity contribution in [3.05, 3.63) is 28.3 Å². The predicted molar refractivity (Wildman–Crippen MR) is 72.7 cm³/mol. The van der Waals surface area contributed by atoms with Gasteiger partial charge in [0, 0.05) is 24.8 Å². The van der Waals surface area contributed by atoms with Gasteiger partial charge in [-0.2, -0.15) is 0 Å². The van der Waals surface area contributed by atoms with Gasteiger partial charge in [0.25, 0.3) is 5.69 Å². The first-order chi connectivity index (χ1) is 8.49. The van der Waals surface area contributed by atoms with E-state index in [0.717, 1.165) is 31.1 Å². The van der Waals surface area contributed by atoms with Crippen LogP contribution in [0.15, 0.2) is 18.2 Å². The molecule has 1 aromatic carbocycles. The van der Waals surface area contributed by atoms with Crippen molar-refractivity contribution in [3.63, 3.8) is 0 Å². The van der Waals surface area contributed by atoms with Gasteiger partial charge in [0.15, 0.2) is 0 Å². The normalized spacial score (nSPS) is 24.0. The number of piperidine rings is 1. The molecular formula is C13H19N3O2. The van der Waals surface area contributed by atoms with E-state index in [0.29, 0.717) is 5.92 Å². The number of rotatable bonds is 2. The maximum absolute atomic E-state index is 10.7. The molecule has 2 N–H and O–H groups in total. The average molecular weight is 249 g/mol. The minimum atomic E-state index is -0.444. The zero-order chi connectivity index (χ0) is 13.3. The highest BCUT2D eigenvalue weighted by Gasteiger charge is 2.23. The highest BCUT2D eigenvalue weighted by atomic mass is 16.6. The molecule has 1 aromatic rings. The number of benzene rings is 1. The van der Waals surface area contributed by atoms with Gasteiger partial charge in [-0.1, -0.05) is 13.8 Å². The molecule has 0 saturated carbocycles. The Morgan fingerprint density at radius 2 is 2.11 bits per heavy atom. The Morgan fingerprint density at radius 1 is 1.39 bits per heavy atom. The number of nitrogen functional groups attached to an aromatic ring is 1. The standard InChI is InChI=1S/C13H19N3O2/c1-9-5-6-15(8-10(9)2)11-3-4-13(16(17)18)12(14)7-11/h3-4,7,9-10H,5-6,8,14H2,1-2H3. The fourth-order valence-corrected chi connectivity index (χ4v) is 2.40. The number of nitro benzene ring substituents is 1. The second-order valence-corrected chi connectivity index (χ2v) is 5.19. The third-order valence-corrected chi connectivity index (χ3v) is 3.91. The Bertz CT molecular complexity index is 462. The lowest BCUT2D eigenvalue weighted by Gasteiger charge is -2.36. The zero-order valence-electron chi connectivity index (χ0n) is 10.8. The number of nitrogens with zero attached hydrogens (tertiary/aromatic N) is 2. The lowest BCUT2D eigenvalue weighted by atomic mass is 9.88. The average Bonchev–Trinajstić information content (AvgIpc) is 2.32. The molecule has 98 valence electrons. The van der Waals surface area contributed by atoms with E-state index in [1.807, 2.05) is 0 Å². The molecule has 2 unspecified atom stereocenters. The molecule has 5 nitrogen and oxygen atoms in total. The second-order valence-electron chi connectivity index (χ2n) is 5.19. The summed E-state index contributed by atoms with van der Waals surface area (Å²) >= 11 is 0. The quantitative estimate of drug-likeness (QED) is 0.497. The van der Waals surface area contributed by atoms with E-state index in [1.54, 1.807) is 12.1 Å². The molecule has 18 heavy (non-hydrogen) atoms. The lowest BCUT2D eigenvalue weighted by molar-refractivity contribution is -0.383. The molecule has 1 fully saturated rings. The molecule has 0 aliphatic carbocycles. The van der Waals surface area contributed by atoms with Gasteiger partial charge in [0.1, 0.15) is 5.69 Å². The van der Waals surface area contributed by atoms with Crippen LogP contribution in [0, 0.1) is 22.0 Å². The third-order valence-electron chi connectivity index (χ3n) is 3.91. The number of hydrogen-bond donors (Lipinski definition) is 1. The van der Waals surface area contributed by atoms with E-state index in [9.17, 15) is 10.1 Å². The first-order valence-corrected chi connectivity index (χ1v) is 6.28. The Hall–Kier alpha value is -1.78. The van der Waals surface area contributed by atoms with Gasteiger partial charge in [-0.3, -0.25) is 10.1 Å². The predicted octanol–water partition coefficient (Wildman–Crippen LogP) is 2.66. The summed E-state index contributed by atoms with van der Waals surface area (Å²) in [5.74, 6) is 1.37. The van der Waals surface area contributed by atoms with Crippen molar-refractivity contribution in [2.75, 3.05) is 23.7 Å². The van der Waals surface area contributed by atoms with E-state index < -0.39 is 4.92 Å². The molecule has 0 aromatic heterocycles. The van der Waals surface area contributed by atoms with Crippen LogP contribution in [0.3, 0.4) is 0 Å². The molecular weight excluding hydrogens is 230 g/mol. The van der Waals surface area contributed by atoms with Gasteiger partial charge >= 0.3 is 0 Å². The first-order valence-electron chi connectivity index (χ1n) is 6.28. The fraction of sp³-hybridized carbons (Fsp3) is 0.538. The fourth-order valence-electron chi connectivity index (χ4n) is 2.40. The molecule has 1 saturated heterocycles. The first kappa shape index (κ1) is 12.7. The number of hydrogen-bond acceptors (Lipinski definition) is 4. The molecule has 5 heteroatoms. The molecule has 1 aliphatic heterocycles. The van der Waals surface area contributed by atoms with E-state index in [-0.39, 0.29) is 11.4 Å². The zero-order valence-corrected chi connectivity index (χ0v) is 10.8. The van der Waals surface area contributed by atoms with Gasteiger partial charge < -0.3 is 10.6 Å². The highest BCUT2D eigenvalue weighted by molar-refractivity contribution is 5.66. The van der Waals surface area contributed by atoms with Crippen molar-refractivity contribution in [1.29, 1.82) is 0 Å².